The molecule has 3 N–H and O–H groups in total. The zero-order valence-electron chi connectivity index (χ0n) is 11.1. The summed E-state index contributed by atoms with van der Waals surface area (Å²) in [6.45, 7) is 1.42. The van der Waals surface area contributed by atoms with E-state index >= 15 is 0 Å². The summed E-state index contributed by atoms with van der Waals surface area (Å²) in [6, 6.07) is 0.0495. The van der Waals surface area contributed by atoms with Crippen LogP contribution in [0.2, 0.25) is 0 Å². The second kappa shape index (κ2) is 6.78. The van der Waals surface area contributed by atoms with Crippen LogP contribution in [-0.2, 0) is 16.0 Å². The van der Waals surface area contributed by atoms with Gasteiger partial charge in [0, 0.05) is 24.4 Å². The van der Waals surface area contributed by atoms with Crippen molar-refractivity contribution in [2.75, 3.05) is 26.8 Å². The van der Waals surface area contributed by atoms with Gasteiger partial charge in [-0.1, -0.05) is 0 Å². The molecule has 0 radical (unpaired) electrons. The molecular formula is C12H17N3O4S. The highest BCUT2D eigenvalue weighted by Crippen LogP contribution is 2.14. The Labute approximate surface area is 120 Å². The third-order valence-corrected chi connectivity index (χ3v) is 4.11. The number of nitrogens with one attached hydrogen (secondary N) is 2. The van der Waals surface area contributed by atoms with Crippen LogP contribution in [0.4, 0.5) is 0 Å². The molecule has 8 heteroatoms. The van der Waals surface area contributed by atoms with Crippen LogP contribution < -0.4 is 10.6 Å². The van der Waals surface area contributed by atoms with E-state index in [1.165, 1.54) is 16.7 Å². The quantitative estimate of drug-likeness (QED) is 0.669. The van der Waals surface area contributed by atoms with Crippen LogP contribution in [0.3, 0.4) is 0 Å². The average Bonchev–Trinajstić information content (AvgIpc) is 3.07. The Morgan fingerprint density at radius 2 is 2.35 bits per heavy atom. The van der Waals surface area contributed by atoms with Crippen molar-refractivity contribution in [1.29, 1.82) is 0 Å². The van der Waals surface area contributed by atoms with E-state index in [0.29, 0.717) is 31.2 Å². The first-order valence-corrected chi connectivity index (χ1v) is 7.20. The van der Waals surface area contributed by atoms with Crippen LogP contribution in [-0.4, -0.2) is 54.8 Å². The fourth-order valence-corrected chi connectivity index (χ4v) is 2.82. The number of ether oxygens (including phenoxy) is 1. The molecule has 2 atom stereocenters. The normalized spacial score (nSPS) is 21.9. The summed E-state index contributed by atoms with van der Waals surface area (Å²) < 4.78 is 5.28. The highest BCUT2D eigenvalue weighted by Gasteiger charge is 2.32. The largest absolute Gasteiger partial charge is 0.476 e. The van der Waals surface area contributed by atoms with Gasteiger partial charge in [0.05, 0.1) is 24.1 Å². The fraction of sp³-hybridized carbons (Fsp3) is 0.583. The van der Waals surface area contributed by atoms with Crippen LogP contribution in [0, 0.1) is 5.92 Å². The van der Waals surface area contributed by atoms with Gasteiger partial charge in [-0.25, -0.2) is 9.78 Å². The van der Waals surface area contributed by atoms with Gasteiger partial charge in [0.2, 0.25) is 5.91 Å². The number of amides is 1. The lowest BCUT2D eigenvalue weighted by molar-refractivity contribution is -0.125. The molecule has 7 nitrogen and oxygen atoms in total. The zero-order chi connectivity index (χ0) is 14.5. The van der Waals surface area contributed by atoms with Gasteiger partial charge in [-0.3, -0.25) is 4.79 Å². The van der Waals surface area contributed by atoms with Gasteiger partial charge in [-0.2, -0.15) is 0 Å². The van der Waals surface area contributed by atoms with E-state index in [1.807, 2.05) is 7.05 Å². The van der Waals surface area contributed by atoms with Gasteiger partial charge >= 0.3 is 5.97 Å². The molecule has 2 unspecified atom stereocenters. The van der Waals surface area contributed by atoms with E-state index in [4.69, 9.17) is 9.84 Å². The first-order chi connectivity index (χ1) is 9.61. The van der Waals surface area contributed by atoms with E-state index in [-0.39, 0.29) is 23.6 Å². The number of carbonyl (C=O) groups is 2. The van der Waals surface area contributed by atoms with Crippen LogP contribution >= 0.6 is 11.3 Å². The lowest BCUT2D eigenvalue weighted by Crippen LogP contribution is -2.43. The number of carboxylic acids is 1. The SMILES string of the molecule is CNC1COCC1C(=O)NCCc1nc(C(=O)O)cs1. The summed E-state index contributed by atoms with van der Waals surface area (Å²) in [7, 11) is 1.81. The van der Waals surface area contributed by atoms with Gasteiger partial charge in [-0.15, -0.1) is 11.3 Å². The molecule has 0 spiro atoms. The summed E-state index contributed by atoms with van der Waals surface area (Å²) in [4.78, 5) is 26.6. The molecule has 0 saturated carbocycles. The molecule has 1 aromatic rings. The predicted molar refractivity (Wildman–Crippen MR) is 72.9 cm³/mol. The maximum Gasteiger partial charge on any atom is 0.355 e. The third kappa shape index (κ3) is 3.53. The Hall–Kier alpha value is -1.51. The van der Waals surface area contributed by atoms with Crippen molar-refractivity contribution in [3.05, 3.63) is 16.1 Å². The minimum absolute atomic E-state index is 0.0446. The molecule has 0 aliphatic carbocycles. The summed E-state index contributed by atoms with van der Waals surface area (Å²) in [5.41, 5.74) is 0.0516. The van der Waals surface area contributed by atoms with E-state index in [9.17, 15) is 9.59 Å². The molecule has 0 bridgehead atoms. The van der Waals surface area contributed by atoms with Gasteiger partial charge < -0.3 is 20.5 Å². The Kier molecular flexibility index (Phi) is 5.05. The van der Waals surface area contributed by atoms with E-state index in [1.54, 1.807) is 0 Å². The number of likely N-dealkylation sites (N-methyl/N-ethyl adjacent to an activating group) is 1. The lowest BCUT2D eigenvalue weighted by Gasteiger charge is -2.16. The highest BCUT2D eigenvalue weighted by atomic mass is 32.1. The number of aromatic carboxylic acids is 1. The van der Waals surface area contributed by atoms with Crippen LogP contribution in [0.15, 0.2) is 5.38 Å². The van der Waals surface area contributed by atoms with Crippen LogP contribution in [0.1, 0.15) is 15.5 Å². The molecular weight excluding hydrogens is 282 g/mol. The van der Waals surface area contributed by atoms with E-state index in [0.717, 1.165) is 0 Å². The highest BCUT2D eigenvalue weighted by molar-refractivity contribution is 7.09. The molecule has 1 fully saturated rings. The molecule has 2 heterocycles. The number of aromatic nitrogens is 1. The number of thiazole rings is 1. The summed E-state index contributed by atoms with van der Waals surface area (Å²) in [5.74, 6) is -1.25. The first kappa shape index (κ1) is 14.9. The van der Waals surface area contributed by atoms with Crippen molar-refractivity contribution in [3.8, 4) is 0 Å². The maximum atomic E-state index is 12.0. The topological polar surface area (TPSA) is 101 Å². The zero-order valence-corrected chi connectivity index (χ0v) is 11.9. The van der Waals surface area contributed by atoms with E-state index < -0.39 is 5.97 Å². The average molecular weight is 299 g/mol. The summed E-state index contributed by atoms with van der Waals surface area (Å²) in [6.07, 6.45) is 0.529. The standard InChI is InChI=1S/C12H17N3O4S/c1-13-8-5-19-4-7(8)11(16)14-3-2-10-15-9(6-20-10)12(17)18/h6-8,13H,2-5H2,1H3,(H,14,16)(H,17,18). The Morgan fingerprint density at radius 1 is 1.55 bits per heavy atom. The smallest absolute Gasteiger partial charge is 0.355 e. The molecule has 1 aliphatic heterocycles. The predicted octanol–water partition coefficient (Wildman–Crippen LogP) is -0.266. The Bertz CT molecular complexity index is 491. The number of rotatable bonds is 6. The van der Waals surface area contributed by atoms with Crippen LogP contribution in [0.5, 0.6) is 0 Å². The van der Waals surface area contributed by atoms with Crippen molar-refractivity contribution >= 4 is 23.2 Å². The van der Waals surface area contributed by atoms with E-state index in [2.05, 4.69) is 15.6 Å². The maximum absolute atomic E-state index is 12.0. The Morgan fingerprint density at radius 3 is 3.00 bits per heavy atom. The second-order valence-corrected chi connectivity index (χ2v) is 5.45. The van der Waals surface area contributed by atoms with Gasteiger partial charge in [0.15, 0.2) is 5.69 Å². The second-order valence-electron chi connectivity index (χ2n) is 4.51. The van der Waals surface area contributed by atoms with Gasteiger partial charge in [0.25, 0.3) is 0 Å². The minimum atomic E-state index is -1.03. The summed E-state index contributed by atoms with van der Waals surface area (Å²) in [5, 5.41) is 16.9. The number of carbonyl (C=O) groups excluding carboxylic acids is 1. The molecule has 0 aromatic carbocycles. The lowest BCUT2D eigenvalue weighted by atomic mass is 10.0. The fourth-order valence-electron chi connectivity index (χ4n) is 2.04. The molecule has 1 saturated heterocycles. The minimum Gasteiger partial charge on any atom is -0.476 e. The molecule has 110 valence electrons. The van der Waals surface area contributed by atoms with Crippen LogP contribution in [0.25, 0.3) is 0 Å². The number of nitrogens with zero attached hydrogens (tertiary/aromatic N) is 1. The molecule has 1 aromatic heterocycles. The van der Waals surface area contributed by atoms with Crippen molar-refractivity contribution in [2.45, 2.75) is 12.5 Å². The van der Waals surface area contributed by atoms with Crippen molar-refractivity contribution in [3.63, 3.8) is 0 Å². The van der Waals surface area contributed by atoms with Gasteiger partial charge in [-0.05, 0) is 7.05 Å². The molecule has 2 rings (SSSR count). The van der Waals surface area contributed by atoms with Crippen molar-refractivity contribution < 1.29 is 19.4 Å². The number of hydrogen-bond acceptors (Lipinski definition) is 6. The number of hydrogen-bond donors (Lipinski definition) is 3. The molecule has 1 amide bonds. The third-order valence-electron chi connectivity index (χ3n) is 3.20. The molecule has 20 heavy (non-hydrogen) atoms. The van der Waals surface area contributed by atoms with Gasteiger partial charge in [0.1, 0.15) is 0 Å². The van der Waals surface area contributed by atoms with Crippen molar-refractivity contribution in [2.24, 2.45) is 5.92 Å². The van der Waals surface area contributed by atoms with Crippen molar-refractivity contribution in [1.82, 2.24) is 15.6 Å². The monoisotopic (exact) mass is 299 g/mol. The molecule has 1 aliphatic rings. The number of carboxylic acid groups (broad SMARTS) is 1. The first-order valence-electron chi connectivity index (χ1n) is 6.32. The Balaban J connectivity index is 1.77. The summed E-state index contributed by atoms with van der Waals surface area (Å²) >= 11 is 1.29.